The van der Waals surface area contributed by atoms with E-state index in [-0.39, 0.29) is 11.3 Å². The first-order valence-electron chi connectivity index (χ1n) is 7.55. The average Bonchev–Trinajstić information content (AvgIpc) is 2.44. The molecule has 0 amide bonds. The van der Waals surface area contributed by atoms with Gasteiger partial charge in [0.25, 0.3) is 0 Å². The zero-order valence-electron chi connectivity index (χ0n) is 12.5. The molecule has 0 radical (unpaired) electrons. The Bertz CT molecular complexity index is 404. The first-order chi connectivity index (χ1) is 9.69. The highest BCUT2D eigenvalue weighted by Crippen LogP contribution is 2.17. The maximum Gasteiger partial charge on any atom is 0.163 e. The number of alkyl halides is 1. The Hall–Kier alpha value is -0.860. The zero-order chi connectivity index (χ0) is 14.8. The van der Waals surface area contributed by atoms with E-state index < -0.39 is 0 Å². The van der Waals surface area contributed by atoms with E-state index in [1.807, 2.05) is 31.2 Å². The van der Waals surface area contributed by atoms with E-state index >= 15 is 0 Å². The molecule has 0 aliphatic carbocycles. The van der Waals surface area contributed by atoms with Crippen LogP contribution in [0.4, 0.5) is 0 Å². The number of ether oxygens (including phenoxy) is 1. The lowest BCUT2D eigenvalue weighted by Gasteiger charge is -2.13. The quantitative estimate of drug-likeness (QED) is 0.346. The van der Waals surface area contributed by atoms with Gasteiger partial charge in [0.2, 0.25) is 0 Å². The highest BCUT2D eigenvalue weighted by Gasteiger charge is 2.13. The zero-order valence-corrected chi connectivity index (χ0v) is 13.3. The van der Waals surface area contributed by atoms with Crippen molar-refractivity contribution in [2.45, 2.75) is 57.9 Å². The lowest BCUT2D eigenvalue weighted by molar-refractivity contribution is 0.0972. The summed E-state index contributed by atoms with van der Waals surface area (Å²) in [6.07, 6.45) is 5.40. The molecule has 1 unspecified atom stereocenters. The van der Waals surface area contributed by atoms with E-state index in [0.717, 1.165) is 30.4 Å². The summed E-state index contributed by atoms with van der Waals surface area (Å²) >= 11 is 6.21. The molecule has 1 atom stereocenters. The fourth-order valence-corrected chi connectivity index (χ4v) is 2.38. The van der Waals surface area contributed by atoms with Crippen LogP contribution in [0.1, 0.15) is 61.9 Å². The lowest BCUT2D eigenvalue weighted by atomic mass is 9.99. The van der Waals surface area contributed by atoms with Gasteiger partial charge in [-0.1, -0.05) is 62.6 Å². The number of carbonyl (C=O) groups is 1. The Morgan fingerprint density at radius 2 is 1.95 bits per heavy atom. The van der Waals surface area contributed by atoms with Crippen molar-refractivity contribution in [3.05, 3.63) is 35.4 Å². The molecule has 0 saturated carbocycles. The van der Waals surface area contributed by atoms with Crippen LogP contribution in [0.5, 0.6) is 0 Å². The summed E-state index contributed by atoms with van der Waals surface area (Å²) in [5.74, 6) is 0.193. The number of hydrogen-bond acceptors (Lipinski definition) is 2. The third-order valence-corrected chi connectivity index (χ3v) is 3.50. The molecule has 0 aliphatic heterocycles. The van der Waals surface area contributed by atoms with E-state index in [2.05, 4.69) is 6.92 Å². The second-order valence-corrected chi connectivity index (χ2v) is 5.51. The fraction of sp³-hybridized carbons (Fsp3) is 0.588. The average molecular weight is 297 g/mol. The molecule has 1 aromatic rings. The summed E-state index contributed by atoms with van der Waals surface area (Å²) < 4.78 is 5.60. The molecule has 2 nitrogen and oxygen atoms in total. The van der Waals surface area contributed by atoms with E-state index in [1.54, 1.807) is 0 Å². The molecule has 112 valence electrons. The summed E-state index contributed by atoms with van der Waals surface area (Å²) in [6, 6.07) is 7.69. The first kappa shape index (κ1) is 17.2. The molecule has 0 heterocycles. The Labute approximate surface area is 127 Å². The van der Waals surface area contributed by atoms with Crippen molar-refractivity contribution in [2.24, 2.45) is 0 Å². The third kappa shape index (κ3) is 6.06. The predicted molar refractivity (Wildman–Crippen MR) is 84.5 cm³/mol. The number of halogens is 1. The maximum absolute atomic E-state index is 12.1. The Balaban J connectivity index is 2.56. The van der Waals surface area contributed by atoms with Gasteiger partial charge in [-0.05, 0) is 18.4 Å². The molecule has 20 heavy (non-hydrogen) atoms. The van der Waals surface area contributed by atoms with Gasteiger partial charge in [0.1, 0.15) is 5.56 Å². The Kier molecular flexibility index (Phi) is 8.56. The fourth-order valence-electron chi connectivity index (χ4n) is 2.13. The van der Waals surface area contributed by atoms with Crippen molar-refractivity contribution in [1.29, 1.82) is 0 Å². The Morgan fingerprint density at radius 3 is 2.65 bits per heavy atom. The predicted octanol–water partition coefficient (Wildman–Crippen LogP) is 4.98. The molecule has 0 aromatic heterocycles. The van der Waals surface area contributed by atoms with Crippen LogP contribution < -0.4 is 0 Å². The molecule has 0 aliphatic rings. The van der Waals surface area contributed by atoms with Gasteiger partial charge >= 0.3 is 0 Å². The van der Waals surface area contributed by atoms with Crippen molar-refractivity contribution in [2.75, 3.05) is 6.61 Å². The number of Topliss-reactive ketones (excluding diaryl/α,β-unsaturated/α-hetero) is 1. The highest BCUT2D eigenvalue weighted by atomic mass is 35.5. The normalized spacial score (nSPS) is 12.3. The van der Waals surface area contributed by atoms with Crippen LogP contribution in [0.3, 0.4) is 0 Å². The molecule has 1 aromatic carbocycles. The highest BCUT2D eigenvalue weighted by molar-refractivity contribution is 6.19. The summed E-state index contributed by atoms with van der Waals surface area (Å²) in [5.41, 5.74) is 1.42. The summed E-state index contributed by atoms with van der Waals surface area (Å²) in [6.45, 7) is 4.86. The number of ketones is 1. The molecule has 0 bridgehead atoms. The van der Waals surface area contributed by atoms with Crippen LogP contribution in [0.25, 0.3) is 0 Å². The maximum atomic E-state index is 12.1. The minimum Gasteiger partial charge on any atom is -0.362 e. The first-order valence-corrected chi connectivity index (χ1v) is 7.99. The number of hydrogen-bond donors (Lipinski definition) is 0. The summed E-state index contributed by atoms with van der Waals surface area (Å²) in [7, 11) is 0. The number of carbonyl (C=O) groups excluding carboxylic acids is 1. The number of rotatable bonds is 10. The van der Waals surface area contributed by atoms with Crippen LogP contribution in [0.2, 0.25) is 0 Å². The summed E-state index contributed by atoms with van der Waals surface area (Å²) in [5, 5.41) is 0. The van der Waals surface area contributed by atoms with Crippen molar-refractivity contribution < 1.29 is 9.53 Å². The van der Waals surface area contributed by atoms with Gasteiger partial charge in [0.15, 0.2) is 5.78 Å². The smallest absolute Gasteiger partial charge is 0.163 e. The number of benzene rings is 1. The molecular formula is C17H25ClO2. The van der Waals surface area contributed by atoms with E-state index in [0.29, 0.717) is 19.4 Å². The van der Waals surface area contributed by atoms with Crippen LogP contribution >= 0.6 is 11.6 Å². The van der Waals surface area contributed by atoms with Crippen LogP contribution in [-0.4, -0.2) is 18.0 Å². The van der Waals surface area contributed by atoms with Crippen molar-refractivity contribution in [3.63, 3.8) is 0 Å². The Morgan fingerprint density at radius 1 is 1.20 bits per heavy atom. The van der Waals surface area contributed by atoms with Crippen molar-refractivity contribution >= 4 is 17.4 Å². The SMILES string of the molecule is CCCCCOC(Cl)Cc1ccccc1C(=O)CCC. The topological polar surface area (TPSA) is 26.3 Å². The van der Waals surface area contributed by atoms with E-state index in [1.165, 1.54) is 6.42 Å². The number of unbranched alkanes of at least 4 members (excludes halogenated alkanes) is 2. The second-order valence-electron chi connectivity index (χ2n) is 5.02. The molecule has 0 saturated heterocycles. The standard InChI is InChI=1S/C17H25ClO2/c1-3-5-8-12-20-17(18)13-14-10-6-7-11-15(14)16(19)9-4-2/h6-7,10-11,17H,3-5,8-9,12-13H2,1-2H3. The van der Waals surface area contributed by atoms with Gasteiger partial charge < -0.3 is 4.74 Å². The molecular weight excluding hydrogens is 272 g/mol. The minimum atomic E-state index is -0.359. The van der Waals surface area contributed by atoms with Crippen molar-refractivity contribution in [1.82, 2.24) is 0 Å². The third-order valence-electron chi connectivity index (χ3n) is 3.22. The summed E-state index contributed by atoms with van der Waals surface area (Å²) in [4.78, 5) is 12.1. The van der Waals surface area contributed by atoms with Crippen LogP contribution in [0.15, 0.2) is 24.3 Å². The van der Waals surface area contributed by atoms with Crippen molar-refractivity contribution in [3.8, 4) is 0 Å². The van der Waals surface area contributed by atoms with Crippen LogP contribution in [-0.2, 0) is 11.2 Å². The van der Waals surface area contributed by atoms with E-state index in [4.69, 9.17) is 16.3 Å². The molecule has 0 fully saturated rings. The monoisotopic (exact) mass is 296 g/mol. The lowest BCUT2D eigenvalue weighted by Crippen LogP contribution is -2.13. The molecule has 0 spiro atoms. The second kappa shape index (κ2) is 9.95. The largest absolute Gasteiger partial charge is 0.362 e. The van der Waals surface area contributed by atoms with Crippen LogP contribution in [0, 0.1) is 0 Å². The van der Waals surface area contributed by atoms with Gasteiger partial charge in [0.05, 0.1) is 0 Å². The van der Waals surface area contributed by atoms with Gasteiger partial charge in [-0.15, -0.1) is 0 Å². The van der Waals surface area contributed by atoms with Gasteiger partial charge in [0, 0.05) is 25.0 Å². The molecule has 3 heteroatoms. The van der Waals surface area contributed by atoms with Gasteiger partial charge in [-0.2, -0.15) is 0 Å². The van der Waals surface area contributed by atoms with Gasteiger partial charge in [-0.25, -0.2) is 0 Å². The molecule has 0 N–H and O–H groups in total. The van der Waals surface area contributed by atoms with E-state index in [9.17, 15) is 4.79 Å². The molecule has 1 rings (SSSR count). The van der Waals surface area contributed by atoms with Gasteiger partial charge in [-0.3, -0.25) is 4.79 Å². The minimum absolute atomic E-state index is 0.193.